The predicted molar refractivity (Wildman–Crippen MR) is 10.1 cm³/mol. The minimum absolute atomic E-state index is 0. The summed E-state index contributed by atoms with van der Waals surface area (Å²) >= 11 is 0. The van der Waals surface area contributed by atoms with Crippen molar-refractivity contribution in [3.8, 4) is 0 Å². The first kappa shape index (κ1) is 10.7. The van der Waals surface area contributed by atoms with Gasteiger partial charge in [-0.3, -0.25) is 0 Å². The van der Waals surface area contributed by atoms with E-state index in [1.54, 1.807) is 0 Å². The second-order valence-corrected chi connectivity index (χ2v) is 0.467. The van der Waals surface area contributed by atoms with Gasteiger partial charge < -0.3 is 5.02 Å². The molecule has 0 N–H and O–H groups in total. The Morgan fingerprint density at radius 3 is 1.57 bits per heavy atom. The van der Waals surface area contributed by atoms with Crippen molar-refractivity contribution in [3.63, 3.8) is 0 Å². The largest absolute Gasteiger partial charge is 1.00 e. The van der Waals surface area contributed by atoms with Gasteiger partial charge in [0.05, 0.1) is 0 Å². The van der Waals surface area contributed by atoms with Crippen LogP contribution >= 0.6 is 0 Å². The Labute approximate surface area is 60.9 Å². The van der Waals surface area contributed by atoms with Crippen LogP contribution in [0.3, 0.4) is 0 Å². The summed E-state index contributed by atoms with van der Waals surface area (Å²) in [6.07, 6.45) is 0. The maximum Gasteiger partial charge on any atom is 1.00 e. The summed E-state index contributed by atoms with van der Waals surface area (Å²) < 4.78 is 20.4. The second kappa shape index (κ2) is 6.80. The van der Waals surface area contributed by atoms with E-state index < -0.39 is 7.32 Å². The van der Waals surface area contributed by atoms with Crippen molar-refractivity contribution in [1.29, 1.82) is 0 Å². The number of hydrogen-bond donors (Lipinski definition) is 0. The smallest absolute Gasteiger partial charge is 0.827 e. The number of halogens is 2. The molecule has 0 saturated carbocycles. The molecule has 0 radical (unpaired) electrons. The first-order valence-corrected chi connectivity index (χ1v) is 1.02. The van der Waals surface area contributed by atoms with Gasteiger partial charge in [0.25, 0.3) is 0 Å². The van der Waals surface area contributed by atoms with Gasteiger partial charge in [0.2, 0.25) is 0 Å². The number of rotatable bonds is 2. The van der Waals surface area contributed by atoms with E-state index in [0.717, 1.165) is 0 Å². The average Bonchev–Trinajstić information content (AvgIpc) is 1.65. The first-order chi connectivity index (χ1) is 2.81. The van der Waals surface area contributed by atoms with Gasteiger partial charge in [-0.05, 0) is 0 Å². The zero-order valence-electron chi connectivity index (χ0n) is 3.56. The van der Waals surface area contributed by atoms with Crippen LogP contribution in [0.5, 0.6) is 0 Å². The molecule has 0 heterocycles. The second-order valence-electron chi connectivity index (χ2n) is 0.467. The molecule has 0 aliphatic rings. The molecular weight excluding hydrogens is 120 g/mol. The minimum Gasteiger partial charge on any atom is -0.827 e. The Bertz CT molecular complexity index is 32.1. The van der Waals surface area contributed by atoms with Crippen LogP contribution in [0.4, 0.5) is 9.05 Å². The van der Waals surface area contributed by atoms with Crippen LogP contribution in [-0.4, -0.2) is 7.32 Å². The van der Waals surface area contributed by atoms with Gasteiger partial charge in [-0.25, -0.2) is 9.72 Å². The summed E-state index contributed by atoms with van der Waals surface area (Å²) in [5, 5.41) is 9.07. The fourth-order valence-corrected chi connectivity index (χ4v) is 0.0137. The molecule has 0 fully saturated rings. The van der Waals surface area contributed by atoms with Gasteiger partial charge in [0, 0.05) is 0 Å². The Hall–Kier alpha value is 0.805. The standard InChI is InChI=1S/BF2O3.Na/c2-5-1(4)6-3;/q-1;+1. The van der Waals surface area contributed by atoms with Crippen LogP contribution in [0.15, 0.2) is 0 Å². The molecule has 0 aromatic rings. The van der Waals surface area contributed by atoms with Crippen LogP contribution in [-0.2, 0) is 9.72 Å². The third kappa shape index (κ3) is 6.80. The minimum atomic E-state index is -2.65. The molecule has 7 heavy (non-hydrogen) atoms. The van der Waals surface area contributed by atoms with E-state index in [1.165, 1.54) is 0 Å². The van der Waals surface area contributed by atoms with Crippen molar-refractivity contribution in [2.45, 2.75) is 0 Å². The summed E-state index contributed by atoms with van der Waals surface area (Å²) in [6, 6.07) is 0. The van der Waals surface area contributed by atoms with Crippen LogP contribution in [0.1, 0.15) is 0 Å². The number of hydrogen-bond acceptors (Lipinski definition) is 3. The van der Waals surface area contributed by atoms with Gasteiger partial charge in [0.1, 0.15) is 0 Å². The van der Waals surface area contributed by atoms with E-state index in [4.69, 9.17) is 5.02 Å². The molecule has 36 valence electrons. The summed E-state index contributed by atoms with van der Waals surface area (Å²) in [6.45, 7) is 0. The zero-order valence-corrected chi connectivity index (χ0v) is 5.56. The molecule has 0 aromatic heterocycles. The molecule has 0 aliphatic carbocycles. The summed E-state index contributed by atoms with van der Waals surface area (Å²) in [5.41, 5.74) is 0. The molecular formula is BF2NaO3. The van der Waals surface area contributed by atoms with E-state index in [0.29, 0.717) is 0 Å². The Morgan fingerprint density at radius 2 is 1.57 bits per heavy atom. The zero-order chi connectivity index (χ0) is 4.99. The molecule has 0 saturated heterocycles. The third-order valence-electron chi connectivity index (χ3n) is 0.145. The van der Waals surface area contributed by atoms with Gasteiger partial charge in [-0.15, -0.1) is 0 Å². The first-order valence-electron chi connectivity index (χ1n) is 1.02. The van der Waals surface area contributed by atoms with Gasteiger partial charge in [0.15, 0.2) is 0 Å². The SMILES string of the molecule is [Na+].[O-]B(OF)OF. The normalized spacial score (nSPS) is 7.29. The van der Waals surface area contributed by atoms with Gasteiger partial charge >= 0.3 is 36.9 Å². The van der Waals surface area contributed by atoms with Crippen molar-refractivity contribution in [1.82, 2.24) is 0 Å². The maximum absolute atomic E-state index is 10.2. The molecule has 0 aromatic carbocycles. The van der Waals surface area contributed by atoms with Crippen LogP contribution in [0.25, 0.3) is 0 Å². The van der Waals surface area contributed by atoms with Gasteiger partial charge in [-0.2, -0.15) is 0 Å². The van der Waals surface area contributed by atoms with Crippen LogP contribution in [0.2, 0.25) is 0 Å². The molecule has 3 nitrogen and oxygen atoms in total. The summed E-state index contributed by atoms with van der Waals surface area (Å²) in [5.74, 6) is 0. The quantitative estimate of drug-likeness (QED) is 0.350. The molecule has 7 heteroatoms. The predicted octanol–water partition coefficient (Wildman–Crippen LogP) is -3.86. The molecule has 0 aliphatic heterocycles. The Balaban J connectivity index is 0. The maximum atomic E-state index is 10.2. The summed E-state index contributed by atoms with van der Waals surface area (Å²) in [4.78, 5) is 4.49. The topological polar surface area (TPSA) is 41.5 Å². The van der Waals surface area contributed by atoms with Crippen molar-refractivity contribution < 1.29 is 53.4 Å². The fraction of sp³-hybridized carbons (Fsp3) is 0. The monoisotopic (exact) mass is 120 g/mol. The van der Waals surface area contributed by atoms with E-state index in [9.17, 15) is 9.05 Å². The molecule has 0 atom stereocenters. The Kier molecular flexibility index (Phi) is 10.4. The summed E-state index contributed by atoms with van der Waals surface area (Å²) in [7, 11) is -2.65. The molecule has 0 unspecified atom stereocenters. The van der Waals surface area contributed by atoms with E-state index in [1.807, 2.05) is 0 Å². The van der Waals surface area contributed by atoms with Crippen molar-refractivity contribution >= 4 is 7.32 Å². The molecule has 0 spiro atoms. The van der Waals surface area contributed by atoms with Crippen LogP contribution in [0, 0.1) is 0 Å². The van der Waals surface area contributed by atoms with Crippen molar-refractivity contribution in [2.75, 3.05) is 0 Å². The van der Waals surface area contributed by atoms with E-state index in [2.05, 4.69) is 9.72 Å². The fourth-order valence-electron chi connectivity index (χ4n) is 0.0137. The molecule has 0 amide bonds. The van der Waals surface area contributed by atoms with Crippen LogP contribution < -0.4 is 34.6 Å². The third-order valence-corrected chi connectivity index (χ3v) is 0.145. The van der Waals surface area contributed by atoms with E-state index >= 15 is 0 Å². The van der Waals surface area contributed by atoms with E-state index in [-0.39, 0.29) is 29.6 Å². The Morgan fingerprint density at radius 1 is 1.29 bits per heavy atom. The van der Waals surface area contributed by atoms with Gasteiger partial charge in [-0.1, -0.05) is 9.05 Å². The molecule has 0 rings (SSSR count). The van der Waals surface area contributed by atoms with Crippen molar-refractivity contribution in [2.24, 2.45) is 0 Å². The van der Waals surface area contributed by atoms with Crippen molar-refractivity contribution in [3.05, 3.63) is 0 Å². The average molecular weight is 120 g/mol. The molecule has 0 bridgehead atoms.